The molecule has 0 aromatic heterocycles. The van der Waals surface area contributed by atoms with Crippen LogP contribution in [0.1, 0.15) is 33.0 Å². The number of rotatable bonds is 7. The third kappa shape index (κ3) is 4.60. The first-order valence-corrected chi connectivity index (χ1v) is 11.7. The van der Waals surface area contributed by atoms with Crippen LogP contribution in [0.25, 0.3) is 0 Å². The Morgan fingerprint density at radius 2 is 1.45 bits per heavy atom. The van der Waals surface area contributed by atoms with E-state index in [4.69, 9.17) is 0 Å². The molecule has 1 fully saturated rings. The average molecular weight is 434 g/mol. The molecule has 0 aliphatic carbocycles. The minimum Gasteiger partial charge on any atom is -0.478 e. The Kier molecular flexibility index (Phi) is 6.02. The van der Waals surface area contributed by atoms with E-state index >= 15 is 0 Å². The van der Waals surface area contributed by atoms with Crippen LogP contribution in [0.5, 0.6) is 0 Å². The molecule has 0 radical (unpaired) electrons. The zero-order chi connectivity index (χ0) is 21.8. The minimum absolute atomic E-state index is 0.0786. The first-order valence-electron chi connectivity index (χ1n) is 10.0. The van der Waals surface area contributed by atoms with Gasteiger partial charge in [0.1, 0.15) is 0 Å². The van der Waals surface area contributed by atoms with E-state index in [2.05, 4.69) is 5.32 Å². The predicted molar refractivity (Wildman–Crippen MR) is 121 cm³/mol. The molecule has 31 heavy (non-hydrogen) atoms. The second-order valence-corrected chi connectivity index (χ2v) is 9.55. The molecule has 0 amide bonds. The Labute approximate surface area is 182 Å². The number of benzene rings is 3. The summed E-state index contributed by atoms with van der Waals surface area (Å²) in [7, 11) is -3.73. The largest absolute Gasteiger partial charge is 0.478 e. The fraction of sp³-hybridized carbons (Fsp3) is 0.160. The van der Waals surface area contributed by atoms with Gasteiger partial charge < -0.3 is 10.4 Å². The molecule has 0 saturated carbocycles. The highest BCUT2D eigenvalue weighted by Gasteiger charge is 2.34. The molecular weight excluding hydrogens is 410 g/mol. The van der Waals surface area contributed by atoms with Gasteiger partial charge in [-0.25, -0.2) is 13.2 Å². The number of nitrogens with one attached hydrogen (secondary N) is 1. The van der Waals surface area contributed by atoms with Crippen LogP contribution in [0.15, 0.2) is 95.4 Å². The molecule has 0 spiro atoms. The highest BCUT2D eigenvalue weighted by molar-refractivity contribution is 7.94. The van der Waals surface area contributed by atoms with Gasteiger partial charge in [0.2, 0.25) is 0 Å². The Morgan fingerprint density at radius 1 is 0.871 bits per heavy atom. The second kappa shape index (κ2) is 8.88. The lowest BCUT2D eigenvalue weighted by Gasteiger charge is -2.29. The van der Waals surface area contributed by atoms with Crippen LogP contribution in [0, 0.1) is 0 Å². The van der Waals surface area contributed by atoms with Gasteiger partial charge in [0.25, 0.3) is 0 Å². The average Bonchev–Trinajstić information content (AvgIpc) is 2.73. The van der Waals surface area contributed by atoms with Crippen molar-refractivity contribution in [2.24, 2.45) is 0 Å². The van der Waals surface area contributed by atoms with Gasteiger partial charge in [-0.05, 0) is 34.4 Å². The van der Waals surface area contributed by atoms with Crippen LogP contribution in [0.2, 0.25) is 0 Å². The molecule has 0 unspecified atom stereocenters. The number of hydrogen-bond acceptors (Lipinski definition) is 4. The summed E-state index contributed by atoms with van der Waals surface area (Å²) in [6.07, 6.45) is 0. The molecule has 1 heterocycles. The molecule has 1 saturated heterocycles. The van der Waals surface area contributed by atoms with Gasteiger partial charge in [0, 0.05) is 19.0 Å². The summed E-state index contributed by atoms with van der Waals surface area (Å²) in [6, 6.07) is 25.4. The van der Waals surface area contributed by atoms with E-state index in [0.29, 0.717) is 23.6 Å². The van der Waals surface area contributed by atoms with E-state index in [1.165, 1.54) is 12.1 Å². The lowest BCUT2D eigenvalue weighted by molar-refractivity contribution is 0.0696. The number of aromatic carboxylic acids is 1. The number of carboxylic acids is 1. The predicted octanol–water partition coefficient (Wildman–Crippen LogP) is 3.99. The molecule has 0 atom stereocenters. The maximum atomic E-state index is 13.8. The summed E-state index contributed by atoms with van der Waals surface area (Å²) in [6.45, 7) is 1.06. The van der Waals surface area contributed by atoms with Gasteiger partial charge in [0.05, 0.1) is 16.2 Å². The highest BCUT2D eigenvalue weighted by Crippen LogP contribution is 2.39. The molecule has 0 bridgehead atoms. The molecule has 6 heteroatoms. The van der Waals surface area contributed by atoms with E-state index in [-0.39, 0.29) is 11.3 Å². The quantitative estimate of drug-likeness (QED) is 0.589. The number of carbonyl (C=O) groups is 1. The molecule has 1 aliphatic rings. The van der Waals surface area contributed by atoms with Gasteiger partial charge in [-0.15, -0.1) is 0 Å². The number of hydrogen-bond donors (Lipinski definition) is 2. The number of carboxylic acid groups (broad SMARTS) is 1. The zero-order valence-electron chi connectivity index (χ0n) is 16.9. The topological polar surface area (TPSA) is 83.5 Å². The van der Waals surface area contributed by atoms with Crippen molar-refractivity contribution in [2.75, 3.05) is 13.1 Å². The summed E-state index contributed by atoms with van der Waals surface area (Å²) >= 11 is 0. The van der Waals surface area contributed by atoms with Crippen molar-refractivity contribution >= 4 is 15.8 Å². The minimum atomic E-state index is -3.73. The summed E-state index contributed by atoms with van der Waals surface area (Å²) < 4.78 is 27.5. The fourth-order valence-electron chi connectivity index (χ4n) is 3.91. The molecule has 3 aromatic rings. The van der Waals surface area contributed by atoms with E-state index in [9.17, 15) is 18.3 Å². The maximum absolute atomic E-state index is 13.8. The second-order valence-electron chi connectivity index (χ2n) is 7.59. The van der Waals surface area contributed by atoms with Gasteiger partial charge in [0.15, 0.2) is 9.84 Å². The highest BCUT2D eigenvalue weighted by atomic mass is 32.2. The van der Waals surface area contributed by atoms with Crippen molar-refractivity contribution in [2.45, 2.75) is 11.7 Å². The third-order valence-corrected chi connectivity index (χ3v) is 7.33. The summed E-state index contributed by atoms with van der Waals surface area (Å²) in [5.41, 5.74) is 3.23. The Bertz CT molecular complexity index is 1170. The van der Waals surface area contributed by atoms with Crippen molar-refractivity contribution in [3.05, 3.63) is 118 Å². The van der Waals surface area contributed by atoms with Crippen LogP contribution >= 0.6 is 0 Å². The van der Waals surface area contributed by atoms with Crippen LogP contribution < -0.4 is 5.32 Å². The fourth-order valence-corrected chi connectivity index (χ4v) is 5.89. The molecule has 1 aliphatic heterocycles. The van der Waals surface area contributed by atoms with Gasteiger partial charge in [-0.1, -0.05) is 72.8 Å². The van der Waals surface area contributed by atoms with E-state index < -0.39 is 21.7 Å². The van der Waals surface area contributed by atoms with Gasteiger partial charge in [-0.2, -0.15) is 0 Å². The first-order chi connectivity index (χ1) is 15.0. The normalized spacial score (nSPS) is 13.6. The van der Waals surface area contributed by atoms with Crippen LogP contribution in [0.4, 0.5) is 0 Å². The lowest BCUT2D eigenvalue weighted by atomic mass is 9.88. The Morgan fingerprint density at radius 3 is 1.94 bits per heavy atom. The Balaban J connectivity index is 1.83. The molecule has 4 rings (SSSR count). The van der Waals surface area contributed by atoms with Crippen LogP contribution in [-0.4, -0.2) is 32.6 Å². The summed E-state index contributed by atoms with van der Waals surface area (Å²) in [4.78, 5) is 11.7. The van der Waals surface area contributed by atoms with Crippen LogP contribution in [0.3, 0.4) is 0 Å². The van der Waals surface area contributed by atoms with Gasteiger partial charge in [-0.3, -0.25) is 0 Å². The Hall–Kier alpha value is -3.22. The molecule has 158 valence electrons. The van der Waals surface area contributed by atoms with Crippen molar-refractivity contribution in [1.29, 1.82) is 0 Å². The standard InChI is InChI=1S/C25H23NO4S/c27-25(28)21-13-7-8-18(14-21)17-31(29,30)24(22-15-26-16-22)23(19-9-3-1-4-10-19)20-11-5-2-6-12-20/h1-14,23,26H,15-17H2,(H,27,28). The first kappa shape index (κ1) is 21.0. The van der Waals surface area contributed by atoms with Crippen molar-refractivity contribution in [1.82, 2.24) is 5.32 Å². The third-order valence-electron chi connectivity index (χ3n) is 5.42. The lowest BCUT2D eigenvalue weighted by Crippen LogP contribution is -2.37. The van der Waals surface area contributed by atoms with Gasteiger partial charge >= 0.3 is 5.97 Å². The van der Waals surface area contributed by atoms with Crippen LogP contribution in [-0.2, 0) is 15.6 Å². The van der Waals surface area contributed by atoms with Crippen molar-refractivity contribution < 1.29 is 18.3 Å². The molecule has 3 aromatic carbocycles. The van der Waals surface area contributed by atoms with Crippen molar-refractivity contribution in [3.8, 4) is 0 Å². The van der Waals surface area contributed by atoms with E-state index in [1.54, 1.807) is 12.1 Å². The molecule has 5 nitrogen and oxygen atoms in total. The monoisotopic (exact) mass is 433 g/mol. The molecule has 2 N–H and O–H groups in total. The zero-order valence-corrected chi connectivity index (χ0v) is 17.7. The van der Waals surface area contributed by atoms with Crippen molar-refractivity contribution in [3.63, 3.8) is 0 Å². The number of sulfone groups is 1. The van der Waals surface area contributed by atoms with E-state index in [0.717, 1.165) is 16.7 Å². The molecular formula is C25H23NO4S. The maximum Gasteiger partial charge on any atom is 0.335 e. The smallest absolute Gasteiger partial charge is 0.335 e. The summed E-state index contributed by atoms with van der Waals surface area (Å²) in [5, 5.41) is 12.4. The SMILES string of the molecule is O=C(O)c1cccc(CS(=O)(=O)C(=C2CNC2)C(c2ccccc2)c2ccccc2)c1. The van der Waals surface area contributed by atoms with E-state index in [1.807, 2.05) is 60.7 Å². The number of allylic oxidation sites excluding steroid dienone is 1. The summed E-state index contributed by atoms with van der Waals surface area (Å²) in [5.74, 6) is -1.75.